The third kappa shape index (κ3) is 3.53. The summed E-state index contributed by atoms with van der Waals surface area (Å²) >= 11 is 0. The van der Waals surface area contributed by atoms with Crippen molar-refractivity contribution in [3.8, 4) is 0 Å². The molecule has 2 aliphatic rings. The number of pyridine rings is 1. The number of rotatable bonds is 3. The molecule has 1 unspecified atom stereocenters. The fourth-order valence-electron chi connectivity index (χ4n) is 3.97. The van der Waals surface area contributed by atoms with Gasteiger partial charge in [0.25, 0.3) is 5.91 Å². The molecule has 0 aromatic carbocycles. The third-order valence-electron chi connectivity index (χ3n) is 5.47. The summed E-state index contributed by atoms with van der Waals surface area (Å²) in [7, 11) is 1.35. The second-order valence-electron chi connectivity index (χ2n) is 7.20. The zero-order valence-corrected chi connectivity index (χ0v) is 15.5. The maximum atomic E-state index is 13.0. The number of nitrogens with zero attached hydrogens (tertiary/aromatic N) is 4. The lowest BCUT2D eigenvalue weighted by Crippen LogP contribution is -2.38. The molecule has 3 heterocycles. The number of aromatic nitrogens is 3. The van der Waals surface area contributed by atoms with Gasteiger partial charge in [0.2, 0.25) is 0 Å². The number of carbonyl (C=O) groups excluding carboxylic acids is 2. The van der Waals surface area contributed by atoms with E-state index in [0.29, 0.717) is 24.8 Å². The van der Waals surface area contributed by atoms with Crippen LogP contribution in [0.5, 0.6) is 0 Å². The summed E-state index contributed by atoms with van der Waals surface area (Å²) in [5, 5.41) is 0. The number of hydrogen-bond donors (Lipinski definition) is 0. The highest BCUT2D eigenvalue weighted by molar-refractivity contribution is 5.96. The monoisotopic (exact) mass is 372 g/mol. The molecule has 0 N–H and O–H groups in total. The largest absolute Gasteiger partial charge is 0.469 e. The Morgan fingerprint density at radius 1 is 1.26 bits per heavy atom. The minimum atomic E-state index is -0.472. The van der Waals surface area contributed by atoms with Crippen molar-refractivity contribution in [3.05, 3.63) is 24.2 Å². The predicted molar refractivity (Wildman–Crippen MR) is 97.3 cm³/mol. The van der Waals surface area contributed by atoms with Gasteiger partial charge in [-0.25, -0.2) is 9.97 Å². The van der Waals surface area contributed by atoms with Gasteiger partial charge in [0.1, 0.15) is 5.52 Å². The van der Waals surface area contributed by atoms with Crippen LogP contribution >= 0.6 is 0 Å². The molecule has 8 heteroatoms. The molecule has 1 amide bonds. The van der Waals surface area contributed by atoms with Gasteiger partial charge in [0, 0.05) is 25.3 Å². The van der Waals surface area contributed by atoms with Gasteiger partial charge in [0.05, 0.1) is 38.1 Å². The summed E-state index contributed by atoms with van der Waals surface area (Å²) in [6.45, 7) is 1.37. The standard InChI is InChI=1S/C19H24N4O4/c1-26-19(25)14-10-22(6-7-27-11-14)18(24)13-8-16-17(20-9-13)23(12-21-16)15-4-2-3-5-15/h8-9,12,14-15H,2-7,10-11H2,1H3. The minimum Gasteiger partial charge on any atom is -0.469 e. The zero-order chi connectivity index (χ0) is 18.8. The first-order chi connectivity index (χ1) is 13.2. The van der Waals surface area contributed by atoms with E-state index in [1.54, 1.807) is 17.2 Å². The highest BCUT2D eigenvalue weighted by Gasteiger charge is 2.29. The van der Waals surface area contributed by atoms with E-state index in [0.717, 1.165) is 24.0 Å². The molecule has 144 valence electrons. The summed E-state index contributed by atoms with van der Waals surface area (Å²) < 4.78 is 12.4. The highest BCUT2D eigenvalue weighted by atomic mass is 16.5. The Balaban J connectivity index is 1.55. The van der Waals surface area contributed by atoms with E-state index in [9.17, 15) is 9.59 Å². The summed E-state index contributed by atoms with van der Waals surface area (Å²) in [4.78, 5) is 35.4. The summed E-state index contributed by atoms with van der Waals surface area (Å²) in [6, 6.07) is 2.24. The topological polar surface area (TPSA) is 86.6 Å². The van der Waals surface area contributed by atoms with Crippen LogP contribution in [0.15, 0.2) is 18.6 Å². The number of esters is 1. The van der Waals surface area contributed by atoms with Crippen molar-refractivity contribution in [1.82, 2.24) is 19.4 Å². The fraction of sp³-hybridized carbons (Fsp3) is 0.579. The van der Waals surface area contributed by atoms with Crippen LogP contribution in [0.3, 0.4) is 0 Å². The van der Waals surface area contributed by atoms with E-state index in [-0.39, 0.29) is 25.0 Å². The van der Waals surface area contributed by atoms with E-state index < -0.39 is 5.92 Å². The molecule has 2 fully saturated rings. The van der Waals surface area contributed by atoms with Gasteiger partial charge in [-0.15, -0.1) is 0 Å². The van der Waals surface area contributed by atoms with Crippen molar-refractivity contribution >= 4 is 23.0 Å². The van der Waals surface area contributed by atoms with Crippen LogP contribution in [-0.2, 0) is 14.3 Å². The van der Waals surface area contributed by atoms with Crippen molar-refractivity contribution in [2.45, 2.75) is 31.7 Å². The molecular weight excluding hydrogens is 348 g/mol. The minimum absolute atomic E-state index is 0.167. The molecule has 1 saturated carbocycles. The van der Waals surface area contributed by atoms with Gasteiger partial charge < -0.3 is 18.9 Å². The van der Waals surface area contributed by atoms with Crippen LogP contribution < -0.4 is 0 Å². The average Bonchev–Trinajstić information content (AvgIpc) is 3.30. The summed E-state index contributed by atoms with van der Waals surface area (Å²) in [5.41, 5.74) is 2.03. The quantitative estimate of drug-likeness (QED) is 0.764. The molecule has 27 heavy (non-hydrogen) atoms. The Labute approximate surface area is 157 Å². The Bertz CT molecular complexity index is 843. The lowest BCUT2D eigenvalue weighted by Gasteiger charge is -2.22. The number of fused-ring (bicyclic) bond motifs is 1. The SMILES string of the molecule is COC(=O)C1COCCN(C(=O)c2cnc3c(c2)ncn3C2CCCC2)C1. The molecule has 4 rings (SSSR count). The van der Waals surface area contributed by atoms with Gasteiger partial charge in [-0.3, -0.25) is 9.59 Å². The molecule has 1 saturated heterocycles. The number of hydrogen-bond acceptors (Lipinski definition) is 6. The maximum Gasteiger partial charge on any atom is 0.312 e. The van der Waals surface area contributed by atoms with Crippen LogP contribution in [0.4, 0.5) is 0 Å². The Morgan fingerprint density at radius 2 is 2.07 bits per heavy atom. The summed E-state index contributed by atoms with van der Waals surface area (Å²) in [5.74, 6) is -1.00. The number of ether oxygens (including phenoxy) is 2. The first-order valence-electron chi connectivity index (χ1n) is 9.45. The first kappa shape index (κ1) is 17.9. The van der Waals surface area contributed by atoms with E-state index >= 15 is 0 Å². The first-order valence-corrected chi connectivity index (χ1v) is 9.45. The molecule has 1 aliphatic carbocycles. The number of amides is 1. The molecule has 0 spiro atoms. The van der Waals surface area contributed by atoms with Crippen LogP contribution in [0.25, 0.3) is 11.2 Å². The molecule has 1 atom stereocenters. The molecule has 8 nitrogen and oxygen atoms in total. The highest BCUT2D eigenvalue weighted by Crippen LogP contribution is 2.31. The van der Waals surface area contributed by atoms with Crippen molar-refractivity contribution in [1.29, 1.82) is 0 Å². The van der Waals surface area contributed by atoms with Crippen LogP contribution in [-0.4, -0.2) is 64.7 Å². The van der Waals surface area contributed by atoms with E-state index in [1.807, 2.05) is 6.33 Å². The van der Waals surface area contributed by atoms with Crippen molar-refractivity contribution in [2.24, 2.45) is 5.92 Å². The van der Waals surface area contributed by atoms with Crippen LogP contribution in [0.2, 0.25) is 0 Å². The van der Waals surface area contributed by atoms with E-state index in [1.165, 1.54) is 20.0 Å². The Kier molecular flexibility index (Phi) is 5.07. The van der Waals surface area contributed by atoms with Gasteiger partial charge in [-0.05, 0) is 18.9 Å². The molecule has 2 aromatic heterocycles. The van der Waals surface area contributed by atoms with Crippen molar-refractivity contribution in [2.75, 3.05) is 33.4 Å². The van der Waals surface area contributed by atoms with Gasteiger partial charge >= 0.3 is 5.97 Å². The predicted octanol–water partition coefficient (Wildman–Crippen LogP) is 1.81. The van der Waals surface area contributed by atoms with Gasteiger partial charge in [-0.1, -0.05) is 12.8 Å². The smallest absolute Gasteiger partial charge is 0.312 e. The van der Waals surface area contributed by atoms with Gasteiger partial charge in [-0.2, -0.15) is 0 Å². The fourth-order valence-corrected chi connectivity index (χ4v) is 3.97. The normalized spacial score (nSPS) is 21.4. The molecule has 0 bridgehead atoms. The second kappa shape index (κ2) is 7.64. The average molecular weight is 372 g/mol. The molecule has 0 radical (unpaired) electrons. The second-order valence-corrected chi connectivity index (χ2v) is 7.20. The van der Waals surface area contributed by atoms with E-state index in [4.69, 9.17) is 9.47 Å². The van der Waals surface area contributed by atoms with E-state index in [2.05, 4.69) is 14.5 Å². The Morgan fingerprint density at radius 3 is 2.85 bits per heavy atom. The van der Waals surface area contributed by atoms with Crippen molar-refractivity contribution in [3.63, 3.8) is 0 Å². The lowest BCUT2D eigenvalue weighted by molar-refractivity contribution is -0.147. The molecule has 1 aliphatic heterocycles. The molecular formula is C19H24N4O4. The third-order valence-corrected chi connectivity index (χ3v) is 5.47. The number of methoxy groups -OCH3 is 1. The Hall–Kier alpha value is -2.48. The van der Waals surface area contributed by atoms with Crippen LogP contribution in [0.1, 0.15) is 42.1 Å². The van der Waals surface area contributed by atoms with Crippen LogP contribution in [0, 0.1) is 5.92 Å². The summed E-state index contributed by atoms with van der Waals surface area (Å²) in [6.07, 6.45) is 8.21. The van der Waals surface area contributed by atoms with Crippen molar-refractivity contribution < 1.29 is 19.1 Å². The molecule has 2 aromatic rings. The lowest BCUT2D eigenvalue weighted by atomic mass is 10.1. The zero-order valence-electron chi connectivity index (χ0n) is 15.5. The van der Waals surface area contributed by atoms with Gasteiger partial charge in [0.15, 0.2) is 5.65 Å². The number of imidazole rings is 1. The maximum absolute atomic E-state index is 13.0. The number of carbonyl (C=O) groups is 2.